The predicted molar refractivity (Wildman–Crippen MR) is 88.8 cm³/mol. The first-order chi connectivity index (χ1) is 11.2. The van der Waals surface area contributed by atoms with Crippen molar-refractivity contribution in [1.82, 2.24) is 10.2 Å². The van der Waals surface area contributed by atoms with E-state index in [1.165, 1.54) is 4.90 Å². The van der Waals surface area contributed by atoms with Crippen LogP contribution in [-0.2, 0) is 16.8 Å². The van der Waals surface area contributed by atoms with Crippen LogP contribution in [0.2, 0.25) is 0 Å². The normalized spacial score (nSPS) is 20.7. The molecule has 4 nitrogen and oxygen atoms in total. The maximum atomic E-state index is 13.1. The number of carbonyl (C=O) groups is 2. The summed E-state index contributed by atoms with van der Waals surface area (Å²) >= 11 is 0. The van der Waals surface area contributed by atoms with Gasteiger partial charge in [0.25, 0.3) is 5.91 Å². The summed E-state index contributed by atoms with van der Waals surface area (Å²) < 4.78 is 0. The van der Waals surface area contributed by atoms with Crippen molar-refractivity contribution in [2.24, 2.45) is 0 Å². The van der Waals surface area contributed by atoms with Gasteiger partial charge < -0.3 is 5.32 Å². The molecule has 2 aromatic rings. The lowest BCUT2D eigenvalue weighted by Gasteiger charge is -2.27. The van der Waals surface area contributed by atoms with E-state index in [2.05, 4.69) is 5.32 Å². The topological polar surface area (TPSA) is 49.4 Å². The molecule has 1 fully saturated rings. The second kappa shape index (κ2) is 6.24. The van der Waals surface area contributed by atoms with Crippen LogP contribution in [0.3, 0.4) is 0 Å². The van der Waals surface area contributed by atoms with Gasteiger partial charge in [0.15, 0.2) is 5.54 Å². The summed E-state index contributed by atoms with van der Waals surface area (Å²) in [5.74, 6) is -0.167. The first-order valence-corrected chi connectivity index (χ1v) is 7.91. The van der Waals surface area contributed by atoms with Gasteiger partial charge >= 0.3 is 6.03 Å². The van der Waals surface area contributed by atoms with Crippen LogP contribution in [0.1, 0.15) is 24.5 Å². The van der Waals surface area contributed by atoms with Crippen LogP contribution in [0.4, 0.5) is 4.79 Å². The van der Waals surface area contributed by atoms with Gasteiger partial charge in [-0.3, -0.25) is 9.69 Å². The van der Waals surface area contributed by atoms with Crippen LogP contribution in [0, 0.1) is 0 Å². The van der Waals surface area contributed by atoms with E-state index < -0.39 is 5.54 Å². The van der Waals surface area contributed by atoms with Crippen molar-refractivity contribution in [3.05, 3.63) is 71.8 Å². The first-order valence-electron chi connectivity index (χ1n) is 7.91. The number of nitrogens with one attached hydrogen (secondary N) is 1. The Labute approximate surface area is 136 Å². The van der Waals surface area contributed by atoms with E-state index in [9.17, 15) is 9.59 Å². The number of carbonyl (C=O) groups excluding carboxylic acids is 2. The summed E-state index contributed by atoms with van der Waals surface area (Å²) in [5.41, 5.74) is 0.818. The Morgan fingerprint density at radius 3 is 2.17 bits per heavy atom. The highest BCUT2D eigenvalue weighted by Crippen LogP contribution is 2.32. The van der Waals surface area contributed by atoms with Crippen LogP contribution in [0.5, 0.6) is 0 Å². The molecule has 1 atom stereocenters. The fraction of sp³-hybridized carbons (Fsp3) is 0.263. The molecule has 1 unspecified atom stereocenters. The van der Waals surface area contributed by atoms with Gasteiger partial charge in [0.05, 0.1) is 0 Å². The third-order valence-electron chi connectivity index (χ3n) is 4.20. The van der Waals surface area contributed by atoms with Crippen LogP contribution in [0.25, 0.3) is 0 Å². The molecule has 1 saturated heterocycles. The Bertz CT molecular complexity index is 700. The van der Waals surface area contributed by atoms with Crippen molar-refractivity contribution in [3.63, 3.8) is 0 Å². The lowest BCUT2D eigenvalue weighted by molar-refractivity contribution is -0.131. The molecule has 0 aliphatic carbocycles. The molecular formula is C19H20N2O2. The molecule has 3 amide bonds. The molecule has 3 rings (SSSR count). The Balaban J connectivity index is 2.05. The SMILES string of the molecule is CCCN1C(=O)NC(Cc2ccccc2)(c2ccccc2)C1=O. The molecule has 2 aromatic carbocycles. The molecule has 1 aliphatic rings. The van der Waals surface area contributed by atoms with Crippen LogP contribution < -0.4 is 5.32 Å². The highest BCUT2D eigenvalue weighted by Gasteiger charge is 2.51. The minimum absolute atomic E-state index is 0.167. The number of amides is 3. The Hall–Kier alpha value is -2.62. The highest BCUT2D eigenvalue weighted by atomic mass is 16.2. The van der Waals surface area contributed by atoms with E-state index in [1.54, 1.807) is 0 Å². The Kier molecular flexibility index (Phi) is 4.15. The monoisotopic (exact) mass is 308 g/mol. The number of imide groups is 1. The zero-order valence-electron chi connectivity index (χ0n) is 13.2. The first kappa shape index (κ1) is 15.3. The van der Waals surface area contributed by atoms with E-state index in [0.717, 1.165) is 17.5 Å². The van der Waals surface area contributed by atoms with Gasteiger partial charge in [0.2, 0.25) is 0 Å². The smallest absolute Gasteiger partial charge is 0.319 e. The minimum atomic E-state index is -1.02. The molecule has 0 bridgehead atoms. The van der Waals surface area contributed by atoms with Gasteiger partial charge in [-0.15, -0.1) is 0 Å². The van der Waals surface area contributed by atoms with E-state index in [-0.39, 0.29) is 11.9 Å². The van der Waals surface area contributed by atoms with Gasteiger partial charge in [0, 0.05) is 13.0 Å². The standard InChI is InChI=1S/C19H20N2O2/c1-2-13-21-17(22)19(20-18(21)23,16-11-7-4-8-12-16)14-15-9-5-3-6-10-15/h3-12H,2,13-14H2,1H3,(H,20,23). The molecule has 0 spiro atoms. The Morgan fingerprint density at radius 2 is 1.57 bits per heavy atom. The van der Waals surface area contributed by atoms with Gasteiger partial charge in [-0.25, -0.2) is 4.79 Å². The van der Waals surface area contributed by atoms with E-state index >= 15 is 0 Å². The molecule has 0 saturated carbocycles. The third kappa shape index (κ3) is 2.72. The summed E-state index contributed by atoms with van der Waals surface area (Å²) in [6.45, 7) is 2.40. The summed E-state index contributed by atoms with van der Waals surface area (Å²) in [6.07, 6.45) is 1.19. The maximum Gasteiger partial charge on any atom is 0.325 e. The van der Waals surface area contributed by atoms with Crippen LogP contribution in [-0.4, -0.2) is 23.4 Å². The van der Waals surface area contributed by atoms with Gasteiger partial charge in [0.1, 0.15) is 0 Å². The molecule has 1 aliphatic heterocycles. The number of rotatable bonds is 5. The van der Waals surface area contributed by atoms with Crippen molar-refractivity contribution >= 4 is 11.9 Å². The minimum Gasteiger partial charge on any atom is -0.319 e. The average Bonchev–Trinajstić information content (AvgIpc) is 2.82. The predicted octanol–water partition coefficient (Wildman–Crippen LogP) is 3.09. The maximum absolute atomic E-state index is 13.1. The molecular weight excluding hydrogens is 288 g/mol. The van der Waals surface area contributed by atoms with Gasteiger partial charge in [-0.05, 0) is 17.5 Å². The summed E-state index contributed by atoms with van der Waals surface area (Å²) in [5, 5.41) is 2.95. The number of nitrogens with zero attached hydrogens (tertiary/aromatic N) is 1. The number of hydrogen-bond acceptors (Lipinski definition) is 2. The second-order valence-electron chi connectivity index (χ2n) is 5.82. The zero-order valence-corrected chi connectivity index (χ0v) is 13.2. The summed E-state index contributed by atoms with van der Waals surface area (Å²) in [7, 11) is 0. The average molecular weight is 308 g/mol. The Morgan fingerprint density at radius 1 is 0.957 bits per heavy atom. The molecule has 1 heterocycles. The molecule has 0 aromatic heterocycles. The van der Waals surface area contributed by atoms with Crippen LogP contribution in [0.15, 0.2) is 60.7 Å². The van der Waals surface area contributed by atoms with Crippen molar-refractivity contribution in [2.45, 2.75) is 25.3 Å². The van der Waals surface area contributed by atoms with E-state index in [0.29, 0.717) is 13.0 Å². The number of benzene rings is 2. The molecule has 23 heavy (non-hydrogen) atoms. The zero-order chi connectivity index (χ0) is 16.3. The van der Waals surface area contributed by atoms with E-state index in [4.69, 9.17) is 0 Å². The third-order valence-corrected chi connectivity index (χ3v) is 4.20. The lowest BCUT2D eigenvalue weighted by Crippen LogP contribution is -2.46. The van der Waals surface area contributed by atoms with Crippen molar-refractivity contribution in [1.29, 1.82) is 0 Å². The van der Waals surface area contributed by atoms with Gasteiger partial charge in [-0.1, -0.05) is 67.6 Å². The van der Waals surface area contributed by atoms with E-state index in [1.807, 2.05) is 67.6 Å². The van der Waals surface area contributed by atoms with Gasteiger partial charge in [-0.2, -0.15) is 0 Å². The van der Waals surface area contributed by atoms with Crippen LogP contribution >= 0.6 is 0 Å². The molecule has 4 heteroatoms. The van der Waals surface area contributed by atoms with Crippen molar-refractivity contribution in [2.75, 3.05) is 6.54 Å². The largest absolute Gasteiger partial charge is 0.325 e. The number of hydrogen-bond donors (Lipinski definition) is 1. The second-order valence-corrected chi connectivity index (χ2v) is 5.82. The number of urea groups is 1. The molecule has 0 radical (unpaired) electrons. The summed E-state index contributed by atoms with van der Waals surface area (Å²) in [4.78, 5) is 26.8. The summed E-state index contributed by atoms with van der Waals surface area (Å²) in [6, 6.07) is 19.0. The molecule has 1 N–H and O–H groups in total. The van der Waals surface area contributed by atoms with Crippen molar-refractivity contribution < 1.29 is 9.59 Å². The van der Waals surface area contributed by atoms with Crippen molar-refractivity contribution in [3.8, 4) is 0 Å². The highest BCUT2D eigenvalue weighted by molar-refractivity contribution is 6.07. The fourth-order valence-electron chi connectivity index (χ4n) is 3.10. The molecule has 118 valence electrons. The quantitative estimate of drug-likeness (QED) is 0.863. The lowest BCUT2D eigenvalue weighted by atomic mass is 9.83. The fourth-order valence-corrected chi connectivity index (χ4v) is 3.10.